The van der Waals surface area contributed by atoms with E-state index in [-0.39, 0.29) is 12.4 Å². The summed E-state index contributed by atoms with van der Waals surface area (Å²) in [6.07, 6.45) is 1.09. The maximum atomic E-state index is 6.08. The van der Waals surface area contributed by atoms with E-state index in [1.807, 2.05) is 12.1 Å². The summed E-state index contributed by atoms with van der Waals surface area (Å²) >= 11 is 6.08. The van der Waals surface area contributed by atoms with Crippen molar-refractivity contribution in [2.75, 3.05) is 20.2 Å². The van der Waals surface area contributed by atoms with Crippen molar-refractivity contribution in [3.05, 3.63) is 28.8 Å². The van der Waals surface area contributed by atoms with Gasteiger partial charge in [-0.1, -0.05) is 17.7 Å². The molecule has 0 saturated carbocycles. The molecule has 1 aromatic carbocycles. The Hall–Kier alpha value is -0.480. The highest BCUT2D eigenvalue weighted by Gasteiger charge is 2.18. The molecule has 2 rings (SSSR count). The third-order valence-corrected chi connectivity index (χ3v) is 3.23. The van der Waals surface area contributed by atoms with Gasteiger partial charge in [-0.25, -0.2) is 0 Å². The summed E-state index contributed by atoms with van der Waals surface area (Å²) in [5, 5.41) is 0.670. The van der Waals surface area contributed by atoms with Crippen molar-refractivity contribution < 1.29 is 4.74 Å². The molecule has 1 aliphatic heterocycles. The van der Waals surface area contributed by atoms with Gasteiger partial charge in [0.1, 0.15) is 5.75 Å². The molecular weight excluding hydrogens is 259 g/mol. The minimum atomic E-state index is 0. The molecule has 1 aromatic rings. The number of likely N-dealkylation sites (tertiary alicyclic amines) is 1. The zero-order valence-corrected chi connectivity index (χ0v) is 11.4. The van der Waals surface area contributed by atoms with Crippen molar-refractivity contribution in [3.63, 3.8) is 0 Å². The Bertz CT molecular complexity index is 374. The first-order valence-electron chi connectivity index (χ1n) is 5.49. The predicted octanol–water partition coefficient (Wildman–Crippen LogP) is 2.30. The van der Waals surface area contributed by atoms with Gasteiger partial charge in [0.2, 0.25) is 0 Å². The van der Waals surface area contributed by atoms with Crippen LogP contribution in [0.3, 0.4) is 0 Å². The van der Waals surface area contributed by atoms with Gasteiger partial charge in [-0.2, -0.15) is 0 Å². The number of rotatable bonds is 3. The monoisotopic (exact) mass is 276 g/mol. The second-order valence-corrected chi connectivity index (χ2v) is 4.66. The zero-order valence-electron chi connectivity index (χ0n) is 9.86. The summed E-state index contributed by atoms with van der Waals surface area (Å²) in [6, 6.07) is 6.25. The summed E-state index contributed by atoms with van der Waals surface area (Å²) in [5.74, 6) is 0.725. The fourth-order valence-electron chi connectivity index (χ4n) is 2.07. The molecule has 1 fully saturated rings. The number of nitrogens with two attached hydrogens (primary N) is 1. The van der Waals surface area contributed by atoms with Crippen molar-refractivity contribution >= 4 is 24.0 Å². The quantitative estimate of drug-likeness (QED) is 0.921. The van der Waals surface area contributed by atoms with E-state index in [0.717, 1.165) is 31.8 Å². The number of benzene rings is 1. The molecule has 0 spiro atoms. The molecule has 17 heavy (non-hydrogen) atoms. The predicted molar refractivity (Wildman–Crippen MR) is 73.1 cm³/mol. The molecule has 0 bridgehead atoms. The third-order valence-electron chi connectivity index (χ3n) is 2.93. The summed E-state index contributed by atoms with van der Waals surface area (Å²) in [7, 11) is 1.63. The van der Waals surface area contributed by atoms with E-state index in [4.69, 9.17) is 22.1 Å². The van der Waals surface area contributed by atoms with Gasteiger partial charge in [0.05, 0.1) is 12.1 Å². The Morgan fingerprint density at radius 2 is 2.29 bits per heavy atom. The minimum Gasteiger partial charge on any atom is -0.495 e. The van der Waals surface area contributed by atoms with Gasteiger partial charge in [-0.3, -0.25) is 4.90 Å². The van der Waals surface area contributed by atoms with E-state index in [1.165, 1.54) is 5.56 Å². The molecule has 0 aromatic heterocycles. The highest BCUT2D eigenvalue weighted by atomic mass is 35.5. The van der Waals surface area contributed by atoms with Crippen LogP contribution in [0.1, 0.15) is 12.0 Å². The molecule has 1 aliphatic rings. The van der Waals surface area contributed by atoms with Crippen molar-refractivity contribution in [2.24, 2.45) is 5.73 Å². The maximum absolute atomic E-state index is 6.08. The number of methoxy groups -OCH3 is 1. The van der Waals surface area contributed by atoms with Crippen molar-refractivity contribution in [2.45, 2.75) is 19.0 Å². The normalized spacial score (nSPS) is 20.1. The first-order valence-corrected chi connectivity index (χ1v) is 5.87. The lowest BCUT2D eigenvalue weighted by Crippen LogP contribution is -2.26. The molecule has 2 N–H and O–H groups in total. The van der Waals surface area contributed by atoms with Gasteiger partial charge in [-0.05, 0) is 24.1 Å². The summed E-state index contributed by atoms with van der Waals surface area (Å²) in [5.41, 5.74) is 7.07. The molecule has 5 heteroatoms. The number of hydrogen-bond donors (Lipinski definition) is 1. The van der Waals surface area contributed by atoms with Gasteiger partial charge in [0.25, 0.3) is 0 Å². The molecule has 0 unspecified atom stereocenters. The van der Waals surface area contributed by atoms with E-state index < -0.39 is 0 Å². The van der Waals surface area contributed by atoms with Crippen LogP contribution in [0, 0.1) is 0 Å². The Morgan fingerprint density at radius 3 is 2.82 bits per heavy atom. The van der Waals surface area contributed by atoms with Gasteiger partial charge in [0.15, 0.2) is 0 Å². The van der Waals surface area contributed by atoms with E-state index in [2.05, 4.69) is 11.0 Å². The first kappa shape index (κ1) is 14.6. The number of halogens is 2. The van der Waals surface area contributed by atoms with Gasteiger partial charge in [0, 0.05) is 25.7 Å². The minimum absolute atomic E-state index is 0. The van der Waals surface area contributed by atoms with Crippen LogP contribution >= 0.6 is 24.0 Å². The van der Waals surface area contributed by atoms with Crippen LogP contribution in [-0.2, 0) is 6.54 Å². The molecule has 96 valence electrons. The Kier molecular flexibility index (Phi) is 5.53. The van der Waals surface area contributed by atoms with E-state index >= 15 is 0 Å². The van der Waals surface area contributed by atoms with Gasteiger partial charge >= 0.3 is 0 Å². The lowest BCUT2D eigenvalue weighted by atomic mass is 10.2. The van der Waals surface area contributed by atoms with E-state index in [9.17, 15) is 0 Å². The van der Waals surface area contributed by atoms with Crippen LogP contribution in [0.4, 0.5) is 0 Å². The zero-order chi connectivity index (χ0) is 11.5. The van der Waals surface area contributed by atoms with E-state index in [0.29, 0.717) is 11.1 Å². The highest BCUT2D eigenvalue weighted by Crippen LogP contribution is 2.25. The van der Waals surface area contributed by atoms with Crippen LogP contribution in [0.25, 0.3) is 0 Å². The Morgan fingerprint density at radius 1 is 1.53 bits per heavy atom. The fourth-order valence-corrected chi connectivity index (χ4v) is 2.35. The largest absolute Gasteiger partial charge is 0.495 e. The second kappa shape index (κ2) is 6.45. The average Bonchev–Trinajstić information content (AvgIpc) is 2.64. The number of hydrogen-bond acceptors (Lipinski definition) is 3. The summed E-state index contributed by atoms with van der Waals surface area (Å²) < 4.78 is 5.12. The Labute approximate surface area is 113 Å². The smallest absolute Gasteiger partial charge is 0.137 e. The Balaban J connectivity index is 0.00000144. The highest BCUT2D eigenvalue weighted by molar-refractivity contribution is 6.32. The average molecular weight is 277 g/mol. The van der Waals surface area contributed by atoms with Crippen molar-refractivity contribution in [1.29, 1.82) is 0 Å². The first-order chi connectivity index (χ1) is 7.69. The number of ether oxygens (including phenoxy) is 1. The SMILES string of the molecule is COc1ccc(CN2CC[C@H](N)C2)cc1Cl.Cl. The van der Waals surface area contributed by atoms with Crippen LogP contribution < -0.4 is 10.5 Å². The van der Waals surface area contributed by atoms with Crippen LogP contribution in [-0.4, -0.2) is 31.1 Å². The summed E-state index contributed by atoms with van der Waals surface area (Å²) in [4.78, 5) is 2.35. The molecule has 0 amide bonds. The lowest BCUT2D eigenvalue weighted by molar-refractivity contribution is 0.326. The second-order valence-electron chi connectivity index (χ2n) is 4.25. The van der Waals surface area contributed by atoms with Crippen LogP contribution in [0.5, 0.6) is 5.75 Å². The molecule has 3 nitrogen and oxygen atoms in total. The van der Waals surface area contributed by atoms with Crippen molar-refractivity contribution in [1.82, 2.24) is 4.90 Å². The molecule has 0 aliphatic carbocycles. The molecular formula is C12H18Cl2N2O. The molecule has 1 saturated heterocycles. The topological polar surface area (TPSA) is 38.5 Å². The standard InChI is InChI=1S/C12H17ClN2O.ClH/c1-16-12-3-2-9(6-11(12)13)7-15-5-4-10(14)8-15;/h2-3,6,10H,4-5,7-8,14H2,1H3;1H/t10-;/m0./s1. The maximum Gasteiger partial charge on any atom is 0.137 e. The molecule has 1 heterocycles. The fraction of sp³-hybridized carbons (Fsp3) is 0.500. The molecule has 0 radical (unpaired) electrons. The van der Waals surface area contributed by atoms with Crippen LogP contribution in [0.2, 0.25) is 5.02 Å². The lowest BCUT2D eigenvalue weighted by Gasteiger charge is -2.15. The van der Waals surface area contributed by atoms with Gasteiger partial charge < -0.3 is 10.5 Å². The van der Waals surface area contributed by atoms with E-state index in [1.54, 1.807) is 7.11 Å². The third kappa shape index (κ3) is 3.75. The van der Waals surface area contributed by atoms with Crippen molar-refractivity contribution in [3.8, 4) is 5.75 Å². The molecule has 1 atom stereocenters. The number of nitrogens with zero attached hydrogens (tertiary/aromatic N) is 1. The van der Waals surface area contributed by atoms with Gasteiger partial charge in [-0.15, -0.1) is 12.4 Å². The van der Waals surface area contributed by atoms with Crippen LogP contribution in [0.15, 0.2) is 18.2 Å². The summed E-state index contributed by atoms with van der Waals surface area (Å²) in [6.45, 7) is 2.96.